The summed E-state index contributed by atoms with van der Waals surface area (Å²) in [6.07, 6.45) is 7.14. The predicted octanol–water partition coefficient (Wildman–Crippen LogP) is 3.12. The van der Waals surface area contributed by atoms with Gasteiger partial charge in [-0.2, -0.15) is 11.8 Å². The van der Waals surface area contributed by atoms with Crippen molar-refractivity contribution < 1.29 is 0 Å². The molecule has 3 nitrogen and oxygen atoms in total. The van der Waals surface area contributed by atoms with E-state index < -0.39 is 0 Å². The first-order valence-electron chi connectivity index (χ1n) is 7.06. The summed E-state index contributed by atoms with van der Waals surface area (Å²) in [5.74, 6) is 2.95. The van der Waals surface area contributed by atoms with Gasteiger partial charge in [-0.1, -0.05) is 26.7 Å². The second-order valence-electron chi connectivity index (χ2n) is 5.22. The van der Waals surface area contributed by atoms with Crippen LogP contribution < -0.4 is 10.6 Å². The summed E-state index contributed by atoms with van der Waals surface area (Å²) in [6, 6.07) is 0.496. The van der Waals surface area contributed by atoms with Gasteiger partial charge in [-0.15, -0.1) is 0 Å². The third-order valence-electron chi connectivity index (χ3n) is 2.84. The van der Waals surface area contributed by atoms with Crippen LogP contribution in [0.1, 0.15) is 46.5 Å². The lowest BCUT2D eigenvalue weighted by molar-refractivity contribution is 0.491. The quantitative estimate of drug-likeness (QED) is 0.385. The van der Waals surface area contributed by atoms with Gasteiger partial charge in [-0.3, -0.25) is 4.99 Å². The summed E-state index contributed by atoms with van der Waals surface area (Å²) in [7, 11) is 1.84. The summed E-state index contributed by atoms with van der Waals surface area (Å²) in [6.45, 7) is 7.79. The lowest BCUT2D eigenvalue weighted by atomic mass is 10.0. The van der Waals surface area contributed by atoms with E-state index in [0.29, 0.717) is 6.04 Å². The molecule has 108 valence electrons. The molecule has 0 aromatic carbocycles. The van der Waals surface area contributed by atoms with Crippen molar-refractivity contribution in [2.24, 2.45) is 10.9 Å². The van der Waals surface area contributed by atoms with Crippen LogP contribution in [0, 0.1) is 5.92 Å². The fourth-order valence-electron chi connectivity index (χ4n) is 1.76. The SMILES string of the molecule is CN=C(NCCCSC)NC(C)CCCC(C)C. The normalized spacial score (nSPS) is 13.8. The van der Waals surface area contributed by atoms with Gasteiger partial charge in [0.2, 0.25) is 0 Å². The van der Waals surface area contributed by atoms with Crippen molar-refractivity contribution in [2.45, 2.75) is 52.5 Å². The summed E-state index contributed by atoms with van der Waals surface area (Å²) < 4.78 is 0. The fraction of sp³-hybridized carbons (Fsp3) is 0.929. The molecule has 0 saturated carbocycles. The maximum atomic E-state index is 4.26. The Morgan fingerprint density at radius 2 is 1.89 bits per heavy atom. The molecule has 0 rings (SSSR count). The minimum Gasteiger partial charge on any atom is -0.356 e. The minimum atomic E-state index is 0.496. The molecule has 0 aliphatic heterocycles. The van der Waals surface area contributed by atoms with Crippen LogP contribution in [0.25, 0.3) is 0 Å². The second-order valence-corrected chi connectivity index (χ2v) is 6.20. The molecule has 4 heteroatoms. The lowest BCUT2D eigenvalue weighted by Gasteiger charge is -2.18. The number of rotatable bonds is 9. The smallest absolute Gasteiger partial charge is 0.191 e. The largest absolute Gasteiger partial charge is 0.356 e. The highest BCUT2D eigenvalue weighted by molar-refractivity contribution is 7.98. The molecule has 0 aromatic heterocycles. The summed E-state index contributed by atoms with van der Waals surface area (Å²) in [5.41, 5.74) is 0. The van der Waals surface area contributed by atoms with Gasteiger partial charge in [0.25, 0.3) is 0 Å². The van der Waals surface area contributed by atoms with Crippen molar-refractivity contribution in [1.82, 2.24) is 10.6 Å². The van der Waals surface area contributed by atoms with Gasteiger partial charge >= 0.3 is 0 Å². The summed E-state index contributed by atoms with van der Waals surface area (Å²) in [5, 5.41) is 6.81. The van der Waals surface area contributed by atoms with Crippen molar-refractivity contribution in [3.8, 4) is 0 Å². The molecule has 0 fully saturated rings. The molecule has 0 saturated heterocycles. The van der Waals surface area contributed by atoms with Gasteiger partial charge in [-0.25, -0.2) is 0 Å². The van der Waals surface area contributed by atoms with E-state index in [-0.39, 0.29) is 0 Å². The zero-order valence-electron chi connectivity index (χ0n) is 12.8. The van der Waals surface area contributed by atoms with Gasteiger partial charge in [0.1, 0.15) is 0 Å². The molecule has 18 heavy (non-hydrogen) atoms. The average molecular weight is 273 g/mol. The highest BCUT2D eigenvalue weighted by atomic mass is 32.2. The van der Waals surface area contributed by atoms with E-state index >= 15 is 0 Å². The third kappa shape index (κ3) is 10.8. The van der Waals surface area contributed by atoms with Gasteiger partial charge in [0.05, 0.1) is 0 Å². The Morgan fingerprint density at radius 1 is 1.17 bits per heavy atom. The van der Waals surface area contributed by atoms with E-state index in [9.17, 15) is 0 Å². The second kappa shape index (κ2) is 11.7. The molecule has 0 bridgehead atoms. The molecular formula is C14H31N3S. The van der Waals surface area contributed by atoms with Crippen molar-refractivity contribution >= 4 is 17.7 Å². The number of nitrogens with zero attached hydrogens (tertiary/aromatic N) is 1. The number of hydrogen-bond donors (Lipinski definition) is 2. The van der Waals surface area contributed by atoms with Gasteiger partial charge in [-0.05, 0) is 37.7 Å². The molecule has 0 spiro atoms. The summed E-state index contributed by atoms with van der Waals surface area (Å²) in [4.78, 5) is 4.26. The molecule has 0 aliphatic rings. The molecule has 0 amide bonds. The monoisotopic (exact) mass is 273 g/mol. The zero-order chi connectivity index (χ0) is 13.8. The van der Waals surface area contributed by atoms with Crippen LogP contribution >= 0.6 is 11.8 Å². The standard InChI is InChI=1S/C14H31N3S/c1-12(2)8-6-9-13(3)17-14(15-4)16-10-7-11-18-5/h12-13H,6-11H2,1-5H3,(H2,15,16,17). The van der Waals surface area contributed by atoms with Crippen molar-refractivity contribution in [1.29, 1.82) is 0 Å². The van der Waals surface area contributed by atoms with Crippen molar-refractivity contribution in [2.75, 3.05) is 25.6 Å². The third-order valence-corrected chi connectivity index (χ3v) is 3.54. The van der Waals surface area contributed by atoms with Gasteiger partial charge in [0.15, 0.2) is 5.96 Å². The average Bonchev–Trinajstić information content (AvgIpc) is 2.32. The number of aliphatic imine (C=N–C) groups is 1. The van der Waals surface area contributed by atoms with Crippen molar-refractivity contribution in [3.63, 3.8) is 0 Å². The van der Waals surface area contributed by atoms with Gasteiger partial charge < -0.3 is 10.6 Å². The first-order chi connectivity index (χ1) is 8.60. The van der Waals surface area contributed by atoms with Crippen LogP contribution in [0.4, 0.5) is 0 Å². The Balaban J connectivity index is 3.70. The Kier molecular flexibility index (Phi) is 11.4. The first-order valence-corrected chi connectivity index (χ1v) is 8.45. The van der Waals surface area contributed by atoms with E-state index in [1.807, 2.05) is 18.8 Å². The van der Waals surface area contributed by atoms with Crippen LogP contribution in [0.2, 0.25) is 0 Å². The summed E-state index contributed by atoms with van der Waals surface area (Å²) >= 11 is 1.89. The molecule has 1 unspecified atom stereocenters. The predicted molar refractivity (Wildman–Crippen MR) is 85.6 cm³/mol. The number of thioether (sulfide) groups is 1. The Labute approximate surface area is 118 Å². The van der Waals surface area contributed by atoms with E-state index in [1.54, 1.807) is 0 Å². The van der Waals surface area contributed by atoms with Crippen molar-refractivity contribution in [3.05, 3.63) is 0 Å². The Bertz CT molecular complexity index is 217. The highest BCUT2D eigenvalue weighted by Gasteiger charge is 2.05. The molecule has 0 heterocycles. The number of hydrogen-bond acceptors (Lipinski definition) is 2. The topological polar surface area (TPSA) is 36.4 Å². The molecular weight excluding hydrogens is 242 g/mol. The molecule has 0 aliphatic carbocycles. The van der Waals surface area contributed by atoms with Crippen LogP contribution in [0.5, 0.6) is 0 Å². The molecule has 2 N–H and O–H groups in total. The van der Waals surface area contributed by atoms with Crippen LogP contribution in [0.3, 0.4) is 0 Å². The maximum absolute atomic E-state index is 4.26. The number of nitrogens with one attached hydrogen (secondary N) is 2. The highest BCUT2D eigenvalue weighted by Crippen LogP contribution is 2.08. The van der Waals surface area contributed by atoms with Crippen LogP contribution in [0.15, 0.2) is 4.99 Å². The van der Waals surface area contributed by atoms with Gasteiger partial charge in [0, 0.05) is 19.6 Å². The van der Waals surface area contributed by atoms with E-state index in [1.165, 1.54) is 31.4 Å². The molecule has 0 aromatic rings. The minimum absolute atomic E-state index is 0.496. The van der Waals surface area contributed by atoms with E-state index in [4.69, 9.17) is 0 Å². The maximum Gasteiger partial charge on any atom is 0.191 e. The van der Waals surface area contributed by atoms with Crippen LogP contribution in [-0.2, 0) is 0 Å². The van der Waals surface area contributed by atoms with E-state index in [2.05, 4.69) is 42.7 Å². The Morgan fingerprint density at radius 3 is 2.44 bits per heavy atom. The zero-order valence-corrected chi connectivity index (χ0v) is 13.6. The fourth-order valence-corrected chi connectivity index (χ4v) is 2.19. The lowest BCUT2D eigenvalue weighted by Crippen LogP contribution is -2.42. The van der Waals surface area contributed by atoms with E-state index in [0.717, 1.165) is 18.4 Å². The van der Waals surface area contributed by atoms with Crippen LogP contribution in [-0.4, -0.2) is 37.6 Å². The first kappa shape index (κ1) is 17.6. The molecule has 0 radical (unpaired) electrons. The number of guanidine groups is 1. The molecule has 1 atom stereocenters. The Hall–Kier alpha value is -0.380.